The van der Waals surface area contributed by atoms with Gasteiger partial charge < -0.3 is 14.4 Å². The third kappa shape index (κ3) is 7.06. The average Bonchev–Trinajstić information content (AvgIpc) is 3.59. The minimum absolute atomic E-state index is 0.137. The van der Waals surface area contributed by atoms with Crippen molar-refractivity contribution in [1.82, 2.24) is 24.8 Å². The van der Waals surface area contributed by atoms with E-state index in [1.165, 1.54) is 20.0 Å². The van der Waals surface area contributed by atoms with Crippen molar-refractivity contribution in [1.29, 1.82) is 0 Å². The summed E-state index contributed by atoms with van der Waals surface area (Å²) >= 11 is 12.7. The quantitative estimate of drug-likeness (QED) is 0.276. The number of carbonyl (C=O) groups excluding carboxylic acids is 1. The van der Waals surface area contributed by atoms with Gasteiger partial charge in [0.25, 0.3) is 0 Å². The van der Waals surface area contributed by atoms with E-state index >= 15 is 0 Å². The topological polar surface area (TPSA) is 83.9 Å². The van der Waals surface area contributed by atoms with Gasteiger partial charge in [0.2, 0.25) is 11.8 Å². The second kappa shape index (κ2) is 12.9. The summed E-state index contributed by atoms with van der Waals surface area (Å²) in [5.41, 5.74) is 2.84. The normalized spacial score (nSPS) is 21.5. The molecule has 1 spiro atoms. The number of halogens is 2. The lowest BCUT2D eigenvalue weighted by Gasteiger charge is -2.31. The molecule has 228 valence electrons. The molecule has 43 heavy (non-hydrogen) atoms. The van der Waals surface area contributed by atoms with Crippen LogP contribution >= 0.6 is 23.2 Å². The minimum Gasteiger partial charge on any atom is -0.469 e. The molecule has 3 fully saturated rings. The summed E-state index contributed by atoms with van der Waals surface area (Å²) in [5, 5.41) is 1.09. The first kappa shape index (κ1) is 30.1. The number of carbonyl (C=O) groups is 1. The number of aromatic nitrogens is 3. The van der Waals surface area contributed by atoms with E-state index in [0.29, 0.717) is 34.0 Å². The largest absolute Gasteiger partial charge is 0.469 e. The standard InChI is InChI=1S/C32H38Cl2N6O3/c1-38-8-3-6-32(38)7-11-40(21-32)31-35-18-27(19-36-31)43-29-13-23(12-28(37-29)24-15-25(33)17-26(34)16-24)20-39-9-4-22(5-10-39)14-30(41)42-2/h12-13,15-19,22H,3-11,14,20-21H2,1-2H3/t32-/m0/s1. The number of ether oxygens (including phenoxy) is 2. The maximum absolute atomic E-state index is 11.7. The summed E-state index contributed by atoms with van der Waals surface area (Å²) in [6.45, 7) is 5.61. The fourth-order valence-corrected chi connectivity index (χ4v) is 7.27. The van der Waals surface area contributed by atoms with Gasteiger partial charge in [0.15, 0.2) is 5.75 Å². The summed E-state index contributed by atoms with van der Waals surface area (Å²) in [6, 6.07) is 9.43. The summed E-state index contributed by atoms with van der Waals surface area (Å²) in [7, 11) is 3.68. The van der Waals surface area contributed by atoms with Crippen molar-refractivity contribution in [3.8, 4) is 22.9 Å². The van der Waals surface area contributed by atoms with Gasteiger partial charge in [0.05, 0.1) is 25.2 Å². The monoisotopic (exact) mass is 624 g/mol. The molecule has 0 radical (unpaired) electrons. The third-order valence-electron chi connectivity index (χ3n) is 9.21. The lowest BCUT2D eigenvalue weighted by molar-refractivity contribution is -0.142. The van der Waals surface area contributed by atoms with E-state index in [4.69, 9.17) is 37.7 Å². The number of rotatable bonds is 8. The van der Waals surface area contributed by atoms with Gasteiger partial charge >= 0.3 is 5.97 Å². The molecule has 3 aliphatic rings. The first-order valence-corrected chi connectivity index (χ1v) is 15.8. The van der Waals surface area contributed by atoms with Crippen LogP contribution in [0.15, 0.2) is 42.7 Å². The molecule has 0 amide bonds. The highest BCUT2D eigenvalue weighted by atomic mass is 35.5. The fraction of sp³-hybridized carbons (Fsp3) is 0.500. The van der Waals surface area contributed by atoms with E-state index in [1.54, 1.807) is 18.5 Å². The Kier molecular flexibility index (Phi) is 9.05. The number of hydrogen-bond donors (Lipinski definition) is 0. The number of likely N-dealkylation sites (N-methyl/N-ethyl adjacent to an activating group) is 1. The number of anilines is 1. The van der Waals surface area contributed by atoms with E-state index in [0.717, 1.165) is 81.3 Å². The molecular formula is C32H38Cl2N6O3. The number of benzene rings is 1. The Bertz CT molecular complexity index is 1430. The highest BCUT2D eigenvalue weighted by Gasteiger charge is 2.44. The molecule has 0 N–H and O–H groups in total. The van der Waals surface area contributed by atoms with E-state index in [2.05, 4.69) is 37.8 Å². The van der Waals surface area contributed by atoms with Crippen LogP contribution < -0.4 is 9.64 Å². The van der Waals surface area contributed by atoms with Crippen LogP contribution in [-0.4, -0.2) is 83.1 Å². The van der Waals surface area contributed by atoms with Crippen LogP contribution in [0.5, 0.6) is 11.6 Å². The Morgan fingerprint density at radius 2 is 1.74 bits per heavy atom. The molecule has 3 aromatic rings. The highest BCUT2D eigenvalue weighted by Crippen LogP contribution is 2.38. The fourth-order valence-electron chi connectivity index (χ4n) is 6.74. The summed E-state index contributed by atoms with van der Waals surface area (Å²) < 4.78 is 11.1. The van der Waals surface area contributed by atoms with Gasteiger partial charge in [-0.25, -0.2) is 15.0 Å². The zero-order valence-electron chi connectivity index (χ0n) is 24.8. The molecule has 0 bridgehead atoms. The van der Waals surface area contributed by atoms with Crippen molar-refractivity contribution < 1.29 is 14.3 Å². The molecule has 1 atom stereocenters. The first-order chi connectivity index (χ1) is 20.8. The Morgan fingerprint density at radius 3 is 2.42 bits per heavy atom. The Morgan fingerprint density at radius 1 is 1.00 bits per heavy atom. The minimum atomic E-state index is -0.137. The summed E-state index contributed by atoms with van der Waals surface area (Å²) in [4.78, 5) is 33.0. The highest BCUT2D eigenvalue weighted by molar-refractivity contribution is 6.35. The van der Waals surface area contributed by atoms with Gasteiger partial charge in [-0.1, -0.05) is 23.2 Å². The summed E-state index contributed by atoms with van der Waals surface area (Å²) in [6.07, 6.45) is 9.46. The number of esters is 1. The SMILES string of the molecule is COC(=O)CC1CCN(Cc2cc(Oc3cnc(N4CC[C@@]5(CCCN5C)C4)nc3)nc(-c3cc(Cl)cc(Cl)c3)c2)CC1. The van der Waals surface area contributed by atoms with Crippen molar-refractivity contribution in [2.75, 3.05) is 51.8 Å². The Hall–Kier alpha value is -2.98. The number of methoxy groups -OCH3 is 1. The lowest BCUT2D eigenvalue weighted by Crippen LogP contribution is -2.43. The molecule has 1 aromatic carbocycles. The van der Waals surface area contributed by atoms with Crippen molar-refractivity contribution in [3.05, 3.63) is 58.3 Å². The predicted molar refractivity (Wildman–Crippen MR) is 168 cm³/mol. The molecule has 5 heterocycles. The van der Waals surface area contributed by atoms with Crippen molar-refractivity contribution in [2.24, 2.45) is 5.92 Å². The first-order valence-electron chi connectivity index (χ1n) is 15.0. The van der Waals surface area contributed by atoms with Gasteiger partial charge in [0.1, 0.15) is 0 Å². The predicted octanol–water partition coefficient (Wildman–Crippen LogP) is 6.09. The van der Waals surface area contributed by atoms with Crippen LogP contribution in [0, 0.1) is 5.92 Å². The molecule has 0 saturated carbocycles. The van der Waals surface area contributed by atoms with Crippen molar-refractivity contribution in [2.45, 2.75) is 50.6 Å². The molecule has 11 heteroatoms. The smallest absolute Gasteiger partial charge is 0.305 e. The molecule has 9 nitrogen and oxygen atoms in total. The molecule has 6 rings (SSSR count). The van der Waals surface area contributed by atoms with Crippen LogP contribution in [0.4, 0.5) is 5.95 Å². The third-order valence-corrected chi connectivity index (χ3v) is 9.65. The van der Waals surface area contributed by atoms with Gasteiger partial charge in [-0.2, -0.15) is 0 Å². The molecule has 3 aliphatic heterocycles. The maximum Gasteiger partial charge on any atom is 0.305 e. The number of nitrogens with zero attached hydrogens (tertiary/aromatic N) is 6. The molecule has 2 aromatic heterocycles. The van der Waals surface area contributed by atoms with Gasteiger partial charge in [-0.15, -0.1) is 0 Å². The van der Waals surface area contributed by atoms with Crippen LogP contribution in [0.3, 0.4) is 0 Å². The zero-order chi connectivity index (χ0) is 30.0. The molecule has 3 saturated heterocycles. The average molecular weight is 626 g/mol. The van der Waals surface area contributed by atoms with E-state index in [-0.39, 0.29) is 11.5 Å². The Labute approximate surface area is 263 Å². The number of likely N-dealkylation sites (tertiary alicyclic amines) is 2. The zero-order valence-corrected chi connectivity index (χ0v) is 26.3. The number of hydrogen-bond acceptors (Lipinski definition) is 9. The molecular weight excluding hydrogens is 587 g/mol. The van der Waals surface area contributed by atoms with Gasteiger partial charge in [-0.05, 0) is 94.5 Å². The summed E-state index contributed by atoms with van der Waals surface area (Å²) in [5.74, 6) is 1.93. The number of piperidine rings is 1. The van der Waals surface area contributed by atoms with Crippen molar-refractivity contribution >= 4 is 35.1 Å². The molecule has 0 unspecified atom stereocenters. The van der Waals surface area contributed by atoms with Gasteiger partial charge in [-0.3, -0.25) is 14.6 Å². The second-order valence-electron chi connectivity index (χ2n) is 12.1. The van der Waals surface area contributed by atoms with Crippen LogP contribution in [0.1, 0.15) is 44.1 Å². The maximum atomic E-state index is 11.7. The lowest BCUT2D eigenvalue weighted by atomic mass is 9.93. The number of pyridine rings is 1. The second-order valence-corrected chi connectivity index (χ2v) is 13.0. The van der Waals surface area contributed by atoms with E-state index in [9.17, 15) is 4.79 Å². The van der Waals surface area contributed by atoms with Gasteiger partial charge in [0, 0.05) is 53.3 Å². The van der Waals surface area contributed by atoms with Crippen LogP contribution in [0.2, 0.25) is 10.0 Å². The Balaban J connectivity index is 1.18. The molecule has 0 aliphatic carbocycles. The van der Waals surface area contributed by atoms with E-state index in [1.807, 2.05) is 18.2 Å². The van der Waals surface area contributed by atoms with E-state index < -0.39 is 0 Å². The van der Waals surface area contributed by atoms with Crippen LogP contribution in [0.25, 0.3) is 11.3 Å². The van der Waals surface area contributed by atoms with Crippen molar-refractivity contribution in [3.63, 3.8) is 0 Å². The van der Waals surface area contributed by atoms with Crippen LogP contribution in [-0.2, 0) is 16.1 Å².